The van der Waals surface area contributed by atoms with Crippen LogP contribution in [0.4, 0.5) is 0 Å². The van der Waals surface area contributed by atoms with Crippen LogP contribution in [0.25, 0.3) is 21.8 Å². The molecule has 129 heavy (non-hydrogen) atoms. The van der Waals surface area contributed by atoms with Crippen LogP contribution in [0.15, 0.2) is 71.9 Å². The van der Waals surface area contributed by atoms with Gasteiger partial charge >= 0.3 is 5.97 Å². The molecule has 3 aliphatic rings. The van der Waals surface area contributed by atoms with Crippen LogP contribution in [0.1, 0.15) is 148 Å². The number of methoxy groups -OCH3 is 4. The van der Waals surface area contributed by atoms with Crippen molar-refractivity contribution >= 4 is 55.4 Å². The third-order valence-electron chi connectivity index (χ3n) is 22.6. The number of aromatic nitrogens is 1. The van der Waals surface area contributed by atoms with Gasteiger partial charge in [0.1, 0.15) is 59.6 Å². The van der Waals surface area contributed by atoms with E-state index in [0.717, 1.165) is 62.5 Å². The number of carbonyl (C=O) groups is 3. The molecular weight excluding hydrogens is 1700 g/mol. The summed E-state index contributed by atoms with van der Waals surface area (Å²) in [6, 6.07) is 19.0. The van der Waals surface area contributed by atoms with Crippen LogP contribution in [-0.4, -0.2) is 328 Å². The minimum absolute atomic E-state index is 0.00628. The SMILES string of the molecule is CCCOCC(COCCC)OCC(COC(COCCC)COCCC)Oc1ccc2c(c1)c(C(=O)Oc1c(C)cc(C(=O)NCCOCCOCCNC(=O)CON=C3CC4C(CCC5(C)C(O)CCC45)c4ccc(O)cc43)cc1C)c1cc(OC(COC(COCCOC)COCCOC)COC(COCCOC)COCCOC)ccc1[n+]2CCCS(=O)(=O)O. The molecular formula is C94H145N4O30S+. The normalized spacial score (nSPS) is 17.2. The summed E-state index contributed by atoms with van der Waals surface area (Å²) < 4.78 is 165. The minimum atomic E-state index is -4.46. The Morgan fingerprint density at radius 2 is 0.969 bits per heavy atom. The van der Waals surface area contributed by atoms with Gasteiger partial charge in [-0.2, -0.15) is 13.0 Å². The van der Waals surface area contributed by atoms with Crippen molar-refractivity contribution in [2.24, 2.45) is 22.4 Å². The Bertz CT molecular complexity index is 4120. The van der Waals surface area contributed by atoms with Crippen molar-refractivity contribution in [3.63, 3.8) is 0 Å². The fourth-order valence-electron chi connectivity index (χ4n) is 16.2. The maximum atomic E-state index is 16.1. The van der Waals surface area contributed by atoms with Crippen LogP contribution >= 0.6 is 0 Å². The van der Waals surface area contributed by atoms with E-state index in [2.05, 4.69) is 22.7 Å². The van der Waals surface area contributed by atoms with E-state index in [1.807, 2.05) is 38.3 Å². The van der Waals surface area contributed by atoms with Crippen LogP contribution in [0.5, 0.6) is 23.0 Å². The highest BCUT2D eigenvalue weighted by molar-refractivity contribution is 7.85. The molecule has 1 heterocycles. The number of aliphatic hydroxyl groups is 1. The van der Waals surface area contributed by atoms with Crippen molar-refractivity contribution < 1.29 is 146 Å². The highest BCUT2D eigenvalue weighted by atomic mass is 32.2. The number of carbonyl (C=O) groups excluding carboxylic acids is 3. The Hall–Kier alpha value is -7.02. The lowest BCUT2D eigenvalue weighted by atomic mass is 9.55. The molecule has 1 aromatic heterocycles. The van der Waals surface area contributed by atoms with Crippen LogP contribution in [0, 0.1) is 31.1 Å². The van der Waals surface area contributed by atoms with Gasteiger partial charge in [0.05, 0.1) is 192 Å². The predicted octanol–water partition coefficient (Wildman–Crippen LogP) is 9.47. The zero-order chi connectivity index (χ0) is 92.6. The van der Waals surface area contributed by atoms with E-state index in [0.29, 0.717) is 104 Å². The van der Waals surface area contributed by atoms with Crippen LogP contribution < -0.4 is 29.4 Å². The third kappa shape index (κ3) is 36.4. The number of rotatable bonds is 71. The number of benzene rings is 4. The van der Waals surface area contributed by atoms with Crippen molar-refractivity contribution in [3.05, 3.63) is 100 Å². The molecule has 35 heteroatoms. The molecule has 0 radical (unpaired) electrons. The average molecular weight is 1840 g/mol. The summed E-state index contributed by atoms with van der Waals surface area (Å²) in [6.07, 6.45) is 3.13. The molecule has 726 valence electrons. The molecule has 0 bridgehead atoms. The number of oxime groups is 1. The van der Waals surface area contributed by atoms with Gasteiger partial charge in [-0.1, -0.05) is 45.8 Å². The van der Waals surface area contributed by atoms with E-state index in [4.69, 9.17) is 104 Å². The Balaban J connectivity index is 1.06. The summed E-state index contributed by atoms with van der Waals surface area (Å²) in [5.41, 5.74) is 4.59. The standard InChI is InChI=1S/C94H144N4O30S/c1-12-30-113-53-72(54-114-31-13-2)121-61-76(62-122-73(55-115-32-14-3)56-116-33-15-4)126-70-18-22-86-82(50-70)90(83-51-71(19-23-87(83)98(86)29-16-46-129(104,105)106)127-77(63-123-74(57-117-40-36-107-8)58-118-41-37-108-9)64-124-75(59-119-42-38-109-10)60-120-43-39-110-11)93(103)128-91-66(5)47-68(48-67(91)6)92(102)96-28-35-112-45-44-111-34-27-95-89(101)65-125-97-85-52-80-79(78-20-17-69(99)49-81(78)85)25-26-94(7)84(80)21-24-88(94)100/h17-20,22-23,47-51,72-77,79-80,84,88,100H,12-16,21,24-46,52-65H2,1-11H3,(H3-,95,96,99,101,102,104,105,106)/p+1. The Morgan fingerprint density at radius 3 is 1.41 bits per heavy atom. The van der Waals surface area contributed by atoms with Crippen LogP contribution in [0.3, 0.4) is 0 Å². The summed E-state index contributed by atoms with van der Waals surface area (Å²) in [4.78, 5) is 48.6. The van der Waals surface area contributed by atoms with Gasteiger partial charge in [0.2, 0.25) is 11.0 Å². The fraction of sp³-hybridized carbons (Fsp3) is 0.691. The molecule has 3 aliphatic carbocycles. The molecule has 34 nitrogen and oxygen atoms in total. The van der Waals surface area contributed by atoms with Crippen LogP contribution in [-0.2, 0) is 112 Å². The number of amides is 2. The van der Waals surface area contributed by atoms with E-state index in [1.165, 1.54) is 0 Å². The zero-order valence-electron chi connectivity index (χ0n) is 77.7. The van der Waals surface area contributed by atoms with Gasteiger partial charge in [-0.05, 0) is 160 Å². The molecule has 0 saturated heterocycles. The molecule has 5 aromatic rings. The lowest BCUT2D eigenvalue weighted by Crippen LogP contribution is -2.45. The number of phenolic OH excluding ortho intramolecular Hbond substituents is 1. The van der Waals surface area contributed by atoms with Crippen molar-refractivity contribution in [2.75, 3.05) is 239 Å². The summed E-state index contributed by atoms with van der Waals surface area (Å²) in [5, 5.41) is 32.2. The molecule has 5 N–H and O–H groups in total. The molecule has 4 aromatic carbocycles. The van der Waals surface area contributed by atoms with E-state index in [-0.39, 0.29) is 228 Å². The smallest absolute Gasteiger partial charge is 0.345 e. The Labute approximate surface area is 761 Å². The summed E-state index contributed by atoms with van der Waals surface area (Å²) >= 11 is 0. The van der Waals surface area contributed by atoms with Crippen molar-refractivity contribution in [1.82, 2.24) is 10.6 Å². The second-order valence-corrected chi connectivity index (χ2v) is 34.4. The molecule has 2 amide bonds. The summed E-state index contributed by atoms with van der Waals surface area (Å²) in [6.45, 7) is 20.5. The van der Waals surface area contributed by atoms with Crippen molar-refractivity contribution in [3.8, 4) is 23.0 Å². The van der Waals surface area contributed by atoms with Gasteiger partial charge in [-0.15, -0.1) is 0 Å². The fourth-order valence-corrected chi connectivity index (χ4v) is 16.7. The number of nitrogens with zero attached hydrogens (tertiary/aromatic N) is 2. The summed E-state index contributed by atoms with van der Waals surface area (Å²) in [5.74, 6) is -0.513. The van der Waals surface area contributed by atoms with Gasteiger partial charge in [0, 0.05) is 97.6 Å². The van der Waals surface area contributed by atoms with Gasteiger partial charge in [-0.25, -0.2) is 4.79 Å². The number of aryl methyl sites for hydroxylation is 3. The topological polar surface area (TPSA) is 389 Å². The van der Waals surface area contributed by atoms with Gasteiger partial charge in [0.15, 0.2) is 13.2 Å². The number of ether oxygens (including phenoxy) is 21. The number of hydrogen-bond donors (Lipinski definition) is 5. The first kappa shape index (κ1) is 107. The Morgan fingerprint density at radius 1 is 0.527 bits per heavy atom. The van der Waals surface area contributed by atoms with E-state index >= 15 is 4.79 Å². The number of pyridine rings is 1. The number of esters is 1. The van der Waals surface area contributed by atoms with E-state index < -0.39 is 64.4 Å². The molecule has 8 rings (SSSR count). The molecule has 5 atom stereocenters. The van der Waals surface area contributed by atoms with Crippen molar-refractivity contribution in [1.29, 1.82) is 0 Å². The van der Waals surface area contributed by atoms with E-state index in [1.54, 1.807) is 103 Å². The second kappa shape index (κ2) is 59.6. The number of hydrogen-bond acceptors (Lipinski definition) is 30. The molecule has 2 fully saturated rings. The van der Waals surface area contributed by atoms with Crippen molar-refractivity contribution in [2.45, 2.75) is 168 Å². The lowest BCUT2D eigenvalue weighted by Gasteiger charge is -2.50. The number of fused-ring (bicyclic) bond motifs is 7. The molecule has 2 saturated carbocycles. The van der Waals surface area contributed by atoms with Gasteiger partial charge in [-0.3, -0.25) is 14.1 Å². The predicted molar refractivity (Wildman–Crippen MR) is 481 cm³/mol. The quantitative estimate of drug-likeness (QED) is 0.00460. The minimum Gasteiger partial charge on any atom is -0.508 e. The first-order valence-corrected chi connectivity index (χ1v) is 47.2. The zero-order valence-corrected chi connectivity index (χ0v) is 78.5. The lowest BCUT2D eigenvalue weighted by molar-refractivity contribution is -0.645. The highest BCUT2D eigenvalue weighted by Crippen LogP contribution is 2.61. The van der Waals surface area contributed by atoms with Gasteiger partial charge < -0.3 is 125 Å². The maximum absolute atomic E-state index is 16.1. The molecule has 0 spiro atoms. The average Bonchev–Trinajstić information content (AvgIpc) is 1.70. The number of nitrogens with one attached hydrogen (secondary N) is 2. The second-order valence-electron chi connectivity index (χ2n) is 32.9. The van der Waals surface area contributed by atoms with E-state index in [9.17, 15) is 32.8 Å². The summed E-state index contributed by atoms with van der Waals surface area (Å²) in [7, 11) is 1.86. The maximum Gasteiger partial charge on any atom is 0.345 e. The monoisotopic (exact) mass is 1840 g/mol. The van der Waals surface area contributed by atoms with Crippen LogP contribution in [0.2, 0.25) is 0 Å². The third-order valence-corrected chi connectivity index (χ3v) is 23.4. The molecule has 0 aliphatic heterocycles. The number of phenols is 1. The largest absolute Gasteiger partial charge is 0.508 e. The number of aromatic hydroxyl groups is 1. The Kier molecular flexibility index (Phi) is 49.6. The highest BCUT2D eigenvalue weighted by Gasteiger charge is 2.55. The van der Waals surface area contributed by atoms with Gasteiger partial charge in [0.25, 0.3) is 21.9 Å². The molecule has 5 unspecified atom stereocenters. The first-order chi connectivity index (χ1) is 62.6. The number of aliphatic hydroxyl groups excluding tert-OH is 1. The first-order valence-electron chi connectivity index (χ1n) is 45.6.